The number of hydrazine groups is 1. The number of hydrogen-bond acceptors (Lipinski definition) is 6. The first-order valence-electron chi connectivity index (χ1n) is 7.55. The summed E-state index contributed by atoms with van der Waals surface area (Å²) in [5.74, 6) is 0.797. The molecule has 1 unspecified atom stereocenters. The Morgan fingerprint density at radius 2 is 2.27 bits per heavy atom. The largest absolute Gasteiger partial charge is 0.443 e. The molecule has 1 saturated heterocycles. The van der Waals surface area contributed by atoms with E-state index in [1.807, 2.05) is 32.9 Å². The molecule has 2 heterocycles. The van der Waals surface area contributed by atoms with Crippen molar-refractivity contribution in [1.29, 1.82) is 0 Å². The molecule has 1 fully saturated rings. The molecule has 1 aromatic heterocycles. The molecular weight excluding hydrogens is 282 g/mol. The SMILES string of the molecule is CC(C)(C)OC(=O)NNC1CCCN(c2ncccc2N)C1. The Morgan fingerprint density at radius 1 is 1.50 bits per heavy atom. The zero-order valence-electron chi connectivity index (χ0n) is 13.4. The molecule has 7 nitrogen and oxygen atoms in total. The highest BCUT2D eigenvalue weighted by molar-refractivity contribution is 5.67. The summed E-state index contributed by atoms with van der Waals surface area (Å²) in [6.07, 6.45) is 3.24. The van der Waals surface area contributed by atoms with Crippen LogP contribution in [0, 0.1) is 0 Å². The maximum Gasteiger partial charge on any atom is 0.422 e. The number of carbonyl (C=O) groups is 1. The molecule has 1 atom stereocenters. The number of nitrogens with zero attached hydrogens (tertiary/aromatic N) is 2. The van der Waals surface area contributed by atoms with E-state index in [9.17, 15) is 4.79 Å². The smallest absolute Gasteiger partial charge is 0.422 e. The van der Waals surface area contributed by atoms with Crippen LogP contribution in [0.15, 0.2) is 18.3 Å². The molecule has 4 N–H and O–H groups in total. The van der Waals surface area contributed by atoms with Gasteiger partial charge in [-0.1, -0.05) is 0 Å². The van der Waals surface area contributed by atoms with Crippen molar-refractivity contribution in [2.75, 3.05) is 23.7 Å². The molecule has 0 radical (unpaired) electrons. The topological polar surface area (TPSA) is 92.5 Å². The number of aromatic nitrogens is 1. The van der Waals surface area contributed by atoms with Gasteiger partial charge in [0.1, 0.15) is 5.60 Å². The number of rotatable bonds is 3. The van der Waals surface area contributed by atoms with E-state index < -0.39 is 11.7 Å². The molecule has 22 heavy (non-hydrogen) atoms. The lowest BCUT2D eigenvalue weighted by molar-refractivity contribution is 0.0485. The van der Waals surface area contributed by atoms with Gasteiger partial charge in [0, 0.05) is 25.3 Å². The van der Waals surface area contributed by atoms with Crippen LogP contribution in [0.3, 0.4) is 0 Å². The molecule has 0 spiro atoms. The molecule has 1 amide bonds. The van der Waals surface area contributed by atoms with Gasteiger partial charge < -0.3 is 15.4 Å². The van der Waals surface area contributed by atoms with E-state index in [4.69, 9.17) is 10.5 Å². The van der Waals surface area contributed by atoms with E-state index >= 15 is 0 Å². The van der Waals surface area contributed by atoms with E-state index in [2.05, 4.69) is 20.7 Å². The summed E-state index contributed by atoms with van der Waals surface area (Å²) >= 11 is 0. The van der Waals surface area contributed by atoms with Gasteiger partial charge in [0.05, 0.1) is 5.69 Å². The fraction of sp³-hybridized carbons (Fsp3) is 0.600. The standard InChI is InChI=1S/C15H25N5O2/c1-15(2,3)22-14(21)19-18-11-6-5-9-20(10-11)13-12(16)7-4-8-17-13/h4,7-8,11,18H,5-6,9-10,16H2,1-3H3,(H,19,21). The summed E-state index contributed by atoms with van der Waals surface area (Å²) in [6.45, 7) is 7.14. The molecule has 1 aliphatic rings. The second-order valence-electron chi connectivity index (χ2n) is 6.47. The predicted octanol–water partition coefficient (Wildman–Crippen LogP) is 1.66. The number of carbonyl (C=O) groups excluding carboxylic acids is 1. The molecule has 0 saturated carbocycles. The number of nitrogens with two attached hydrogens (primary N) is 1. The third-order valence-corrected chi connectivity index (χ3v) is 3.32. The third kappa shape index (κ3) is 4.77. The van der Waals surface area contributed by atoms with Crippen LogP contribution in [0.5, 0.6) is 0 Å². The maximum absolute atomic E-state index is 11.7. The molecule has 0 aliphatic carbocycles. The molecule has 122 valence electrons. The Bertz CT molecular complexity index is 515. The molecule has 1 aromatic rings. The van der Waals surface area contributed by atoms with E-state index in [-0.39, 0.29) is 6.04 Å². The molecule has 2 rings (SSSR count). The minimum atomic E-state index is -0.507. The predicted molar refractivity (Wildman–Crippen MR) is 86.4 cm³/mol. The first kappa shape index (κ1) is 16.4. The van der Waals surface area contributed by atoms with Crippen molar-refractivity contribution in [3.8, 4) is 0 Å². The molecular formula is C15H25N5O2. The number of ether oxygens (including phenoxy) is 1. The number of amides is 1. The Hall–Kier alpha value is -2.02. The van der Waals surface area contributed by atoms with Crippen molar-refractivity contribution in [2.24, 2.45) is 0 Å². The maximum atomic E-state index is 11.7. The zero-order chi connectivity index (χ0) is 16.2. The lowest BCUT2D eigenvalue weighted by atomic mass is 10.1. The minimum Gasteiger partial charge on any atom is -0.443 e. The summed E-state index contributed by atoms with van der Waals surface area (Å²) in [4.78, 5) is 18.1. The van der Waals surface area contributed by atoms with Crippen LogP contribution >= 0.6 is 0 Å². The molecule has 0 aromatic carbocycles. The average molecular weight is 307 g/mol. The lowest BCUT2D eigenvalue weighted by Crippen LogP contribution is -2.53. The number of pyridine rings is 1. The van der Waals surface area contributed by atoms with Gasteiger partial charge in [0.25, 0.3) is 0 Å². The highest BCUT2D eigenvalue weighted by Gasteiger charge is 2.23. The van der Waals surface area contributed by atoms with E-state index in [1.54, 1.807) is 6.20 Å². The van der Waals surface area contributed by atoms with Gasteiger partial charge in [-0.15, -0.1) is 0 Å². The summed E-state index contributed by atoms with van der Waals surface area (Å²) in [5.41, 5.74) is 11.8. The Kier molecular flexibility index (Phi) is 5.07. The van der Waals surface area contributed by atoms with E-state index in [0.717, 1.165) is 31.7 Å². The quantitative estimate of drug-likeness (QED) is 0.736. The fourth-order valence-corrected chi connectivity index (χ4v) is 2.43. The second kappa shape index (κ2) is 6.83. The van der Waals surface area contributed by atoms with Crippen molar-refractivity contribution in [3.05, 3.63) is 18.3 Å². The average Bonchev–Trinajstić information content (AvgIpc) is 2.44. The van der Waals surface area contributed by atoms with Crippen LogP contribution in [0.4, 0.5) is 16.3 Å². The van der Waals surface area contributed by atoms with Crippen molar-refractivity contribution in [2.45, 2.75) is 45.3 Å². The minimum absolute atomic E-state index is 0.127. The van der Waals surface area contributed by atoms with Gasteiger partial charge in [-0.25, -0.2) is 15.2 Å². The Morgan fingerprint density at radius 3 is 2.95 bits per heavy atom. The van der Waals surface area contributed by atoms with E-state index in [1.165, 1.54) is 0 Å². The Labute approximate surface area is 131 Å². The van der Waals surface area contributed by atoms with Gasteiger partial charge in [0.15, 0.2) is 5.82 Å². The van der Waals surface area contributed by atoms with Crippen LogP contribution in [-0.4, -0.2) is 35.8 Å². The third-order valence-electron chi connectivity index (χ3n) is 3.32. The highest BCUT2D eigenvalue weighted by atomic mass is 16.6. The van der Waals surface area contributed by atoms with Crippen molar-refractivity contribution >= 4 is 17.6 Å². The summed E-state index contributed by atoms with van der Waals surface area (Å²) in [7, 11) is 0. The Balaban J connectivity index is 1.86. The number of hydrogen-bond donors (Lipinski definition) is 3. The fourth-order valence-electron chi connectivity index (χ4n) is 2.43. The first-order chi connectivity index (χ1) is 10.3. The summed E-state index contributed by atoms with van der Waals surface area (Å²) < 4.78 is 5.20. The number of piperidine rings is 1. The van der Waals surface area contributed by atoms with Crippen LogP contribution < -0.4 is 21.5 Å². The van der Waals surface area contributed by atoms with Crippen LogP contribution in [0.2, 0.25) is 0 Å². The van der Waals surface area contributed by atoms with Gasteiger partial charge >= 0.3 is 6.09 Å². The van der Waals surface area contributed by atoms with Crippen LogP contribution in [0.25, 0.3) is 0 Å². The van der Waals surface area contributed by atoms with Crippen molar-refractivity contribution in [1.82, 2.24) is 15.8 Å². The second-order valence-corrected chi connectivity index (χ2v) is 6.47. The van der Waals surface area contributed by atoms with Crippen molar-refractivity contribution in [3.63, 3.8) is 0 Å². The lowest BCUT2D eigenvalue weighted by Gasteiger charge is -2.34. The van der Waals surface area contributed by atoms with Crippen LogP contribution in [-0.2, 0) is 4.74 Å². The van der Waals surface area contributed by atoms with Gasteiger partial charge in [-0.2, -0.15) is 0 Å². The molecule has 1 aliphatic heterocycles. The van der Waals surface area contributed by atoms with Gasteiger partial charge in [-0.05, 0) is 45.7 Å². The zero-order valence-corrected chi connectivity index (χ0v) is 13.4. The van der Waals surface area contributed by atoms with Crippen LogP contribution in [0.1, 0.15) is 33.6 Å². The molecule has 0 bridgehead atoms. The number of anilines is 2. The normalized spacial score (nSPS) is 18.9. The number of nitrogen functional groups attached to an aromatic ring is 1. The number of nitrogens with one attached hydrogen (secondary N) is 2. The van der Waals surface area contributed by atoms with Gasteiger partial charge in [0.2, 0.25) is 0 Å². The summed E-state index contributed by atoms with van der Waals surface area (Å²) in [6, 6.07) is 3.80. The van der Waals surface area contributed by atoms with Gasteiger partial charge in [-0.3, -0.25) is 5.43 Å². The van der Waals surface area contributed by atoms with Crippen molar-refractivity contribution < 1.29 is 9.53 Å². The summed E-state index contributed by atoms with van der Waals surface area (Å²) in [5, 5.41) is 0. The van der Waals surface area contributed by atoms with E-state index in [0.29, 0.717) is 5.69 Å². The molecule has 7 heteroatoms. The highest BCUT2D eigenvalue weighted by Crippen LogP contribution is 2.23. The first-order valence-corrected chi connectivity index (χ1v) is 7.55. The monoisotopic (exact) mass is 307 g/mol.